The second kappa shape index (κ2) is 12.8. The minimum absolute atomic E-state index is 0. The normalized spacial score (nSPS) is 12.5. The molecule has 4 N–H and O–H groups in total. The second-order valence-corrected chi connectivity index (χ2v) is 9.40. The number of hydrogen-bond acceptors (Lipinski definition) is 7. The molecule has 5 rings (SSSR count). The highest BCUT2D eigenvalue weighted by molar-refractivity contribution is 5.96. The molecule has 1 unspecified atom stereocenters. The monoisotopic (exact) mass is 577 g/mol. The molecule has 0 aliphatic heterocycles. The summed E-state index contributed by atoms with van der Waals surface area (Å²) < 4.78 is 23.7. The van der Waals surface area contributed by atoms with Crippen molar-refractivity contribution in [1.29, 1.82) is 0 Å². The number of benzene rings is 3. The van der Waals surface area contributed by atoms with Gasteiger partial charge >= 0.3 is 0 Å². The van der Waals surface area contributed by atoms with Crippen LogP contribution in [0.5, 0.6) is 23.0 Å². The predicted molar refractivity (Wildman–Crippen MR) is 151 cm³/mol. The molecular formula is C30H32ClN5O5. The number of carbonyl (C=O) groups is 1. The van der Waals surface area contributed by atoms with Gasteiger partial charge in [-0.05, 0) is 35.7 Å². The van der Waals surface area contributed by atoms with Crippen molar-refractivity contribution in [3.63, 3.8) is 0 Å². The van der Waals surface area contributed by atoms with Gasteiger partial charge in [-0.15, -0.1) is 5.10 Å². The van der Waals surface area contributed by atoms with E-state index in [2.05, 4.69) is 39.6 Å². The molecule has 1 heterocycles. The topological polar surface area (TPSA) is 124 Å². The number of ether oxygens (including phenoxy) is 4. The van der Waals surface area contributed by atoms with Gasteiger partial charge in [0.2, 0.25) is 5.75 Å². The van der Waals surface area contributed by atoms with Crippen LogP contribution in [0.2, 0.25) is 0 Å². The standard InChI is InChI=1S/C30H31N5O5.ClH/c1-37-26-10-9-21(25-17-32-34-35(25)22-15-27(38-2)29(40-4)28(16-22)39-3)14-24(26)33-30(36)23(31)13-18-11-19-7-5-6-8-20(19)12-18;/h5-11,14-17,23H,12-13,31H2,1-4H3,(H,33,36);1H. The molecule has 1 atom stereocenters. The van der Waals surface area contributed by atoms with Crippen LogP contribution in [-0.2, 0) is 11.2 Å². The minimum atomic E-state index is -0.472. The van der Waals surface area contributed by atoms with E-state index in [0.717, 1.165) is 12.0 Å². The number of amides is 1. The summed E-state index contributed by atoms with van der Waals surface area (Å²) >= 11 is 0. The summed E-state index contributed by atoms with van der Waals surface area (Å²) in [5, 5.41) is 11.4. The molecular weight excluding hydrogens is 546 g/mol. The van der Waals surface area contributed by atoms with E-state index in [1.54, 1.807) is 57.5 Å². The van der Waals surface area contributed by atoms with Crippen LogP contribution in [0.1, 0.15) is 17.5 Å². The lowest BCUT2D eigenvalue weighted by Crippen LogP contribution is -3.00. The Morgan fingerprint density at radius 2 is 1.68 bits per heavy atom. The van der Waals surface area contributed by atoms with Crippen LogP contribution < -0.4 is 42.4 Å². The van der Waals surface area contributed by atoms with Crippen molar-refractivity contribution in [3.8, 4) is 39.9 Å². The quantitative estimate of drug-likeness (QED) is 0.282. The van der Waals surface area contributed by atoms with Crippen molar-refractivity contribution < 1.29 is 41.9 Å². The van der Waals surface area contributed by atoms with Crippen molar-refractivity contribution in [1.82, 2.24) is 15.0 Å². The summed E-state index contributed by atoms with van der Waals surface area (Å²) in [4.78, 5) is 13.2. The molecule has 11 heteroatoms. The summed E-state index contributed by atoms with van der Waals surface area (Å²) in [6.45, 7) is 0. The van der Waals surface area contributed by atoms with Gasteiger partial charge in [0, 0.05) is 24.1 Å². The zero-order chi connectivity index (χ0) is 28.2. The van der Waals surface area contributed by atoms with Crippen molar-refractivity contribution >= 4 is 17.7 Å². The summed E-state index contributed by atoms with van der Waals surface area (Å²) in [6, 6.07) is 16.9. The largest absolute Gasteiger partial charge is 1.00 e. The first-order valence-corrected chi connectivity index (χ1v) is 12.8. The van der Waals surface area contributed by atoms with Crippen LogP contribution in [0, 0.1) is 0 Å². The van der Waals surface area contributed by atoms with Gasteiger partial charge < -0.3 is 42.4 Å². The van der Waals surface area contributed by atoms with E-state index in [1.165, 1.54) is 16.7 Å². The van der Waals surface area contributed by atoms with Crippen LogP contribution in [0.15, 0.2) is 66.4 Å². The molecule has 0 spiro atoms. The van der Waals surface area contributed by atoms with Gasteiger partial charge in [-0.2, -0.15) is 0 Å². The Kier molecular flexibility index (Phi) is 9.16. The third kappa shape index (κ3) is 5.98. The number of anilines is 1. The average Bonchev–Trinajstić information content (AvgIpc) is 3.63. The van der Waals surface area contributed by atoms with E-state index in [0.29, 0.717) is 46.5 Å². The molecule has 0 saturated heterocycles. The molecule has 214 valence electrons. The summed E-state index contributed by atoms with van der Waals surface area (Å²) in [6.07, 6.45) is 5.21. The number of carbonyl (C=O) groups excluding carboxylic acids is 1. The van der Waals surface area contributed by atoms with Gasteiger partial charge in [0.05, 0.1) is 51.7 Å². The van der Waals surface area contributed by atoms with Crippen LogP contribution in [-0.4, -0.2) is 55.4 Å². The van der Waals surface area contributed by atoms with Crippen molar-refractivity contribution in [2.45, 2.75) is 18.9 Å². The lowest BCUT2D eigenvalue weighted by molar-refractivity contribution is -0.401. The third-order valence-corrected chi connectivity index (χ3v) is 6.91. The van der Waals surface area contributed by atoms with Crippen molar-refractivity contribution in [2.24, 2.45) is 0 Å². The van der Waals surface area contributed by atoms with E-state index in [9.17, 15) is 4.79 Å². The Hall–Kier alpha value is -4.54. The maximum absolute atomic E-state index is 13.2. The first-order chi connectivity index (χ1) is 19.4. The molecule has 4 aromatic rings. The van der Waals surface area contributed by atoms with Gasteiger partial charge in [0.1, 0.15) is 5.75 Å². The maximum Gasteiger partial charge on any atom is 0.282 e. The van der Waals surface area contributed by atoms with E-state index in [4.69, 9.17) is 18.9 Å². The lowest BCUT2D eigenvalue weighted by atomic mass is 10.0. The van der Waals surface area contributed by atoms with Crippen LogP contribution in [0.25, 0.3) is 23.0 Å². The highest BCUT2D eigenvalue weighted by Crippen LogP contribution is 2.40. The number of halogens is 1. The SMILES string of the molecule is COc1ccc(-c2cnnn2-c2cc(OC)c(OC)c(OC)c2)cc1NC(=O)C([NH3+])CC1=Cc2ccccc2C1.[Cl-]. The zero-order valence-electron chi connectivity index (χ0n) is 23.3. The lowest BCUT2D eigenvalue weighted by Gasteiger charge is -2.16. The van der Waals surface area contributed by atoms with E-state index >= 15 is 0 Å². The smallest absolute Gasteiger partial charge is 0.282 e. The highest BCUT2D eigenvalue weighted by Gasteiger charge is 2.24. The number of methoxy groups -OCH3 is 4. The fraction of sp³-hybridized carbons (Fsp3) is 0.233. The molecule has 1 aliphatic carbocycles. The summed E-state index contributed by atoms with van der Waals surface area (Å²) in [5.74, 6) is 1.79. The third-order valence-electron chi connectivity index (χ3n) is 6.91. The molecule has 1 aromatic heterocycles. The van der Waals surface area contributed by atoms with Gasteiger partial charge in [-0.3, -0.25) is 4.79 Å². The Morgan fingerprint density at radius 3 is 2.34 bits per heavy atom. The van der Waals surface area contributed by atoms with Gasteiger partial charge in [-0.25, -0.2) is 4.68 Å². The number of fused-ring (bicyclic) bond motifs is 1. The molecule has 0 fully saturated rings. The number of aromatic nitrogens is 3. The number of rotatable bonds is 10. The molecule has 41 heavy (non-hydrogen) atoms. The molecule has 0 saturated carbocycles. The maximum atomic E-state index is 13.2. The molecule has 10 nitrogen and oxygen atoms in total. The van der Waals surface area contributed by atoms with Gasteiger partial charge in [0.25, 0.3) is 5.91 Å². The Morgan fingerprint density at radius 1 is 0.976 bits per heavy atom. The molecule has 3 aromatic carbocycles. The highest BCUT2D eigenvalue weighted by atomic mass is 35.5. The van der Waals surface area contributed by atoms with E-state index < -0.39 is 6.04 Å². The summed E-state index contributed by atoms with van der Waals surface area (Å²) in [7, 11) is 6.22. The number of nitrogens with one attached hydrogen (secondary N) is 1. The number of quaternary nitrogens is 1. The molecule has 1 amide bonds. The van der Waals surface area contributed by atoms with Crippen molar-refractivity contribution in [3.05, 3.63) is 77.5 Å². The van der Waals surface area contributed by atoms with Gasteiger partial charge in [-0.1, -0.05) is 41.1 Å². The van der Waals surface area contributed by atoms with Crippen LogP contribution in [0.3, 0.4) is 0 Å². The van der Waals surface area contributed by atoms with Crippen molar-refractivity contribution in [2.75, 3.05) is 33.8 Å². The molecule has 1 aliphatic rings. The van der Waals surface area contributed by atoms with Crippen LogP contribution >= 0.6 is 0 Å². The number of nitrogens with zero attached hydrogens (tertiary/aromatic N) is 3. The molecule has 0 radical (unpaired) electrons. The van der Waals surface area contributed by atoms with E-state index in [1.807, 2.05) is 24.3 Å². The van der Waals surface area contributed by atoms with Gasteiger partial charge in [0.15, 0.2) is 17.5 Å². The number of hydrogen-bond donors (Lipinski definition) is 2. The van der Waals surface area contributed by atoms with Crippen LogP contribution in [0.4, 0.5) is 5.69 Å². The Bertz CT molecular complexity index is 1560. The second-order valence-electron chi connectivity index (χ2n) is 9.40. The predicted octanol–water partition coefficient (Wildman–Crippen LogP) is 0.552. The zero-order valence-corrected chi connectivity index (χ0v) is 24.1. The molecule has 0 bridgehead atoms. The first kappa shape index (κ1) is 29.4. The van der Waals surface area contributed by atoms with E-state index in [-0.39, 0.29) is 18.3 Å². The average molecular weight is 578 g/mol. The Balaban J connectivity index is 0.00000387. The minimum Gasteiger partial charge on any atom is -1.00 e. The Labute approximate surface area is 244 Å². The fourth-order valence-electron chi connectivity index (χ4n) is 4.90. The fourth-order valence-corrected chi connectivity index (χ4v) is 4.90. The first-order valence-electron chi connectivity index (χ1n) is 12.8. The summed E-state index contributed by atoms with van der Waals surface area (Å²) in [5.41, 5.74) is 10.5.